The molecule has 0 bridgehead atoms. The van der Waals surface area contributed by atoms with Gasteiger partial charge in [-0.25, -0.2) is 9.59 Å². The van der Waals surface area contributed by atoms with E-state index < -0.39 is 18.0 Å². The van der Waals surface area contributed by atoms with Gasteiger partial charge in [-0.1, -0.05) is 6.92 Å². The van der Waals surface area contributed by atoms with E-state index in [2.05, 4.69) is 0 Å². The standard InChI is InChI=1S/C12H18O5/c1-3-9(13)8(2)11(14)17-10-6-4-5-7-16-12(10)15/h10,13H,3-7H2,1-2H3/b9-8-. The molecule has 0 saturated carbocycles. The summed E-state index contributed by atoms with van der Waals surface area (Å²) in [5.41, 5.74) is 0.143. The van der Waals surface area contributed by atoms with Gasteiger partial charge in [0.2, 0.25) is 0 Å². The van der Waals surface area contributed by atoms with Crippen molar-refractivity contribution in [3.8, 4) is 0 Å². The molecule has 0 amide bonds. The number of carbonyl (C=O) groups excluding carboxylic acids is 2. The van der Waals surface area contributed by atoms with E-state index in [0.717, 1.165) is 12.8 Å². The van der Waals surface area contributed by atoms with Gasteiger partial charge in [-0.2, -0.15) is 0 Å². The third-order valence-electron chi connectivity index (χ3n) is 2.69. The lowest BCUT2D eigenvalue weighted by atomic mass is 10.1. The van der Waals surface area contributed by atoms with Crippen LogP contribution in [0.25, 0.3) is 0 Å². The summed E-state index contributed by atoms with van der Waals surface area (Å²) in [6, 6.07) is 0. The molecule has 0 aliphatic carbocycles. The Morgan fingerprint density at radius 1 is 1.53 bits per heavy atom. The second kappa shape index (κ2) is 6.27. The van der Waals surface area contributed by atoms with E-state index in [9.17, 15) is 14.7 Å². The zero-order valence-corrected chi connectivity index (χ0v) is 10.2. The lowest BCUT2D eigenvalue weighted by molar-refractivity contribution is -0.164. The maximum Gasteiger partial charge on any atom is 0.347 e. The minimum absolute atomic E-state index is 0.0167. The smallest absolute Gasteiger partial charge is 0.347 e. The number of carbonyl (C=O) groups is 2. The molecule has 5 heteroatoms. The number of hydrogen-bond acceptors (Lipinski definition) is 5. The Kier molecular flexibility index (Phi) is 5.00. The van der Waals surface area contributed by atoms with Crippen LogP contribution in [0.1, 0.15) is 39.5 Å². The molecule has 1 aliphatic rings. The Hall–Kier alpha value is -1.52. The predicted molar refractivity (Wildman–Crippen MR) is 60.3 cm³/mol. The van der Waals surface area contributed by atoms with E-state index in [1.54, 1.807) is 6.92 Å². The largest absolute Gasteiger partial charge is 0.512 e. The molecule has 0 aromatic rings. The highest BCUT2D eigenvalue weighted by Crippen LogP contribution is 2.15. The molecule has 1 unspecified atom stereocenters. The van der Waals surface area contributed by atoms with Crippen LogP contribution in [0.15, 0.2) is 11.3 Å². The molecule has 0 radical (unpaired) electrons. The van der Waals surface area contributed by atoms with Crippen LogP contribution in [-0.4, -0.2) is 29.8 Å². The first-order chi connectivity index (χ1) is 8.06. The molecule has 1 fully saturated rings. The normalized spacial score (nSPS) is 22.2. The summed E-state index contributed by atoms with van der Waals surface area (Å²) in [6.45, 7) is 3.58. The Morgan fingerprint density at radius 3 is 2.88 bits per heavy atom. The molecule has 1 heterocycles. The van der Waals surface area contributed by atoms with E-state index in [4.69, 9.17) is 9.47 Å². The van der Waals surface area contributed by atoms with Crippen LogP contribution in [0.4, 0.5) is 0 Å². The SMILES string of the molecule is CC/C(O)=C(\C)C(=O)OC1CCCCOC1=O. The first kappa shape index (κ1) is 13.5. The van der Waals surface area contributed by atoms with Crippen molar-refractivity contribution in [3.63, 3.8) is 0 Å². The molecule has 17 heavy (non-hydrogen) atoms. The molecule has 1 N–H and O–H groups in total. The van der Waals surface area contributed by atoms with Crippen molar-refractivity contribution in [1.29, 1.82) is 0 Å². The fourth-order valence-corrected chi connectivity index (χ4v) is 1.52. The van der Waals surface area contributed by atoms with Gasteiger partial charge in [-0.05, 0) is 26.2 Å². The second-order valence-electron chi connectivity index (χ2n) is 3.98. The summed E-state index contributed by atoms with van der Waals surface area (Å²) in [7, 11) is 0. The molecule has 0 aromatic carbocycles. The summed E-state index contributed by atoms with van der Waals surface area (Å²) < 4.78 is 9.93. The average molecular weight is 242 g/mol. The highest BCUT2D eigenvalue weighted by Gasteiger charge is 2.27. The van der Waals surface area contributed by atoms with Crippen molar-refractivity contribution < 1.29 is 24.2 Å². The molecule has 1 aliphatic heterocycles. The van der Waals surface area contributed by atoms with Crippen LogP contribution in [0.2, 0.25) is 0 Å². The van der Waals surface area contributed by atoms with E-state index in [1.807, 2.05) is 0 Å². The third-order valence-corrected chi connectivity index (χ3v) is 2.69. The van der Waals surface area contributed by atoms with E-state index in [1.165, 1.54) is 6.92 Å². The maximum atomic E-state index is 11.6. The van der Waals surface area contributed by atoms with Crippen molar-refractivity contribution in [2.45, 2.75) is 45.6 Å². The molecular formula is C12H18O5. The third kappa shape index (κ3) is 3.76. The van der Waals surface area contributed by atoms with Crippen LogP contribution < -0.4 is 0 Å². The lowest BCUT2D eigenvalue weighted by Crippen LogP contribution is -2.28. The maximum absolute atomic E-state index is 11.6. The number of rotatable bonds is 3. The first-order valence-electron chi connectivity index (χ1n) is 5.82. The molecule has 1 rings (SSSR count). The number of esters is 2. The van der Waals surface area contributed by atoms with Gasteiger partial charge in [0, 0.05) is 6.42 Å². The summed E-state index contributed by atoms with van der Waals surface area (Å²) in [6.07, 6.45) is 1.56. The number of cyclic esters (lactones) is 1. The Morgan fingerprint density at radius 2 is 2.24 bits per heavy atom. The van der Waals surface area contributed by atoms with Crippen molar-refractivity contribution in [3.05, 3.63) is 11.3 Å². The quantitative estimate of drug-likeness (QED) is 0.464. The monoisotopic (exact) mass is 242 g/mol. The zero-order chi connectivity index (χ0) is 12.8. The highest BCUT2D eigenvalue weighted by atomic mass is 16.6. The number of allylic oxidation sites excluding steroid dienone is 1. The summed E-state index contributed by atoms with van der Waals surface area (Å²) in [4.78, 5) is 23.1. The van der Waals surface area contributed by atoms with Crippen LogP contribution in [0.5, 0.6) is 0 Å². The van der Waals surface area contributed by atoms with Crippen LogP contribution in [0, 0.1) is 0 Å². The second-order valence-corrected chi connectivity index (χ2v) is 3.98. The van der Waals surface area contributed by atoms with E-state index in [-0.39, 0.29) is 11.3 Å². The van der Waals surface area contributed by atoms with Gasteiger partial charge in [0.25, 0.3) is 0 Å². The van der Waals surface area contributed by atoms with E-state index >= 15 is 0 Å². The molecule has 1 saturated heterocycles. The van der Waals surface area contributed by atoms with Crippen LogP contribution >= 0.6 is 0 Å². The van der Waals surface area contributed by atoms with Crippen molar-refractivity contribution in [2.75, 3.05) is 6.61 Å². The molecule has 0 spiro atoms. The minimum atomic E-state index is -0.843. The number of ether oxygens (including phenoxy) is 2. The molecular weight excluding hydrogens is 224 g/mol. The highest BCUT2D eigenvalue weighted by molar-refractivity contribution is 5.90. The van der Waals surface area contributed by atoms with Crippen molar-refractivity contribution >= 4 is 11.9 Å². The lowest BCUT2D eigenvalue weighted by Gasteiger charge is -2.14. The van der Waals surface area contributed by atoms with E-state index in [0.29, 0.717) is 19.4 Å². The fourth-order valence-electron chi connectivity index (χ4n) is 1.52. The summed E-state index contributed by atoms with van der Waals surface area (Å²) >= 11 is 0. The minimum Gasteiger partial charge on any atom is -0.512 e. The van der Waals surface area contributed by atoms with Gasteiger partial charge in [-0.15, -0.1) is 0 Å². The van der Waals surface area contributed by atoms with Crippen LogP contribution in [0.3, 0.4) is 0 Å². The Balaban J connectivity index is 2.64. The van der Waals surface area contributed by atoms with Gasteiger partial charge in [-0.3, -0.25) is 0 Å². The molecule has 96 valence electrons. The van der Waals surface area contributed by atoms with Gasteiger partial charge in [0.1, 0.15) is 5.76 Å². The zero-order valence-electron chi connectivity index (χ0n) is 10.2. The first-order valence-corrected chi connectivity index (χ1v) is 5.82. The number of aliphatic hydroxyl groups excluding tert-OH is 1. The van der Waals surface area contributed by atoms with Gasteiger partial charge in [0.05, 0.1) is 12.2 Å². The van der Waals surface area contributed by atoms with Gasteiger partial charge in [0.15, 0.2) is 6.10 Å². The molecule has 1 atom stereocenters. The summed E-state index contributed by atoms with van der Waals surface area (Å²) in [5.74, 6) is -1.18. The topological polar surface area (TPSA) is 72.8 Å². The molecule has 0 aromatic heterocycles. The average Bonchev–Trinajstić information content (AvgIpc) is 2.53. The van der Waals surface area contributed by atoms with Gasteiger partial charge >= 0.3 is 11.9 Å². The number of hydrogen-bond donors (Lipinski definition) is 1. The van der Waals surface area contributed by atoms with Crippen LogP contribution in [-0.2, 0) is 19.1 Å². The fraction of sp³-hybridized carbons (Fsp3) is 0.667. The number of aliphatic hydroxyl groups is 1. The van der Waals surface area contributed by atoms with Crippen molar-refractivity contribution in [2.24, 2.45) is 0 Å². The molecule has 5 nitrogen and oxygen atoms in total. The Labute approximate surface area is 100 Å². The predicted octanol–water partition coefficient (Wildman–Crippen LogP) is 1.87. The van der Waals surface area contributed by atoms with Gasteiger partial charge < -0.3 is 14.6 Å². The Bertz CT molecular complexity index is 332. The van der Waals surface area contributed by atoms with Crippen molar-refractivity contribution in [1.82, 2.24) is 0 Å². The summed E-state index contributed by atoms with van der Waals surface area (Å²) in [5, 5.41) is 9.41.